The van der Waals surface area contributed by atoms with E-state index in [0.717, 1.165) is 37.3 Å². The zero-order valence-electron chi connectivity index (χ0n) is 17.3. The molecular weight excluding hydrogens is 334 g/mol. The highest BCUT2D eigenvalue weighted by molar-refractivity contribution is 5.95. The molecule has 0 aliphatic heterocycles. The Morgan fingerprint density at radius 2 is 1.33 bits per heavy atom. The van der Waals surface area contributed by atoms with Crippen LogP contribution in [-0.4, -0.2) is 24.7 Å². The van der Waals surface area contributed by atoms with Crippen LogP contribution >= 0.6 is 0 Å². The van der Waals surface area contributed by atoms with Gasteiger partial charge in [0.2, 0.25) is 0 Å². The van der Waals surface area contributed by atoms with Crippen LogP contribution in [0.3, 0.4) is 0 Å². The van der Waals surface area contributed by atoms with Crippen molar-refractivity contribution in [2.45, 2.75) is 84.5 Å². The van der Waals surface area contributed by atoms with Gasteiger partial charge in [-0.25, -0.2) is 5.43 Å². The van der Waals surface area contributed by atoms with E-state index in [-0.39, 0.29) is 5.91 Å². The van der Waals surface area contributed by atoms with Crippen LogP contribution < -0.4 is 10.3 Å². The van der Waals surface area contributed by atoms with Gasteiger partial charge in [0, 0.05) is 30.1 Å². The fourth-order valence-electron chi connectivity index (χ4n) is 3.74. The second-order valence-electron chi connectivity index (χ2n) is 7.52. The molecule has 1 N–H and O–H groups in total. The number of nitrogens with one attached hydrogen (secondary N) is 1. The summed E-state index contributed by atoms with van der Waals surface area (Å²) in [5.41, 5.74) is 5.77. The second kappa shape index (κ2) is 12.5. The molecule has 0 unspecified atom stereocenters. The number of hydrazone groups is 1. The van der Waals surface area contributed by atoms with Gasteiger partial charge < -0.3 is 4.90 Å². The Morgan fingerprint density at radius 1 is 0.852 bits per heavy atom. The Morgan fingerprint density at radius 3 is 1.81 bits per heavy atom. The maximum Gasteiger partial charge on any atom is 0.271 e. The average Bonchev–Trinajstić information content (AvgIpc) is 2.69. The lowest BCUT2D eigenvalue weighted by Gasteiger charge is -2.20. The lowest BCUT2D eigenvalue weighted by Crippen LogP contribution is -2.22. The summed E-state index contributed by atoms with van der Waals surface area (Å²) in [6.07, 6.45) is 13.8. The minimum absolute atomic E-state index is 0.111. The van der Waals surface area contributed by atoms with Crippen LogP contribution in [-0.2, 0) is 0 Å². The number of benzene rings is 1. The first kappa shape index (κ1) is 21.5. The highest BCUT2D eigenvalue weighted by Gasteiger charge is 2.08. The monoisotopic (exact) mass is 371 g/mol. The third-order valence-electron chi connectivity index (χ3n) is 5.50. The summed E-state index contributed by atoms with van der Waals surface area (Å²) in [5.74, 6) is -0.111. The molecule has 4 nitrogen and oxygen atoms in total. The standard InChI is InChI=1S/C23H37N3O/c1-3-26(4-2)22-18-16-20(17-19-22)23(27)25-24-21-14-12-10-8-6-5-7-9-11-13-15-21/h16-19H,3-15H2,1-2H3,(H,25,27). The molecule has 1 aliphatic carbocycles. The van der Waals surface area contributed by atoms with Crippen LogP contribution in [0.25, 0.3) is 0 Å². The number of anilines is 1. The zero-order chi connectivity index (χ0) is 19.3. The lowest BCUT2D eigenvalue weighted by atomic mass is 10.00. The van der Waals surface area contributed by atoms with Crippen LogP contribution in [0.4, 0.5) is 5.69 Å². The quantitative estimate of drug-likeness (QED) is 0.653. The van der Waals surface area contributed by atoms with E-state index in [9.17, 15) is 4.79 Å². The average molecular weight is 372 g/mol. The third kappa shape index (κ3) is 7.74. The van der Waals surface area contributed by atoms with Crippen LogP contribution in [0.5, 0.6) is 0 Å². The van der Waals surface area contributed by atoms with E-state index >= 15 is 0 Å². The smallest absolute Gasteiger partial charge is 0.271 e. The first-order valence-electron chi connectivity index (χ1n) is 11.0. The molecule has 0 heterocycles. The molecule has 27 heavy (non-hydrogen) atoms. The minimum atomic E-state index is -0.111. The molecule has 0 radical (unpaired) electrons. The molecule has 4 heteroatoms. The molecule has 1 saturated carbocycles. The van der Waals surface area contributed by atoms with Gasteiger partial charge in [0.15, 0.2) is 0 Å². The van der Waals surface area contributed by atoms with E-state index in [1.165, 1.54) is 57.8 Å². The van der Waals surface area contributed by atoms with E-state index < -0.39 is 0 Å². The van der Waals surface area contributed by atoms with Gasteiger partial charge in [-0.15, -0.1) is 0 Å². The van der Waals surface area contributed by atoms with Crippen molar-refractivity contribution in [3.8, 4) is 0 Å². The highest BCUT2D eigenvalue weighted by atomic mass is 16.2. The van der Waals surface area contributed by atoms with Crippen molar-refractivity contribution in [1.29, 1.82) is 0 Å². The SMILES string of the molecule is CCN(CC)c1ccc(C(=O)NN=C2CCCCCCCCCCC2)cc1. The van der Waals surface area contributed by atoms with Gasteiger partial charge >= 0.3 is 0 Å². The number of hydrogen-bond donors (Lipinski definition) is 1. The lowest BCUT2D eigenvalue weighted by molar-refractivity contribution is 0.0954. The van der Waals surface area contributed by atoms with Crippen molar-refractivity contribution < 1.29 is 4.79 Å². The topological polar surface area (TPSA) is 44.7 Å². The molecule has 1 amide bonds. The zero-order valence-corrected chi connectivity index (χ0v) is 17.3. The van der Waals surface area contributed by atoms with Crippen LogP contribution in [0.1, 0.15) is 94.8 Å². The molecule has 0 aromatic heterocycles. The molecule has 1 aromatic rings. The van der Waals surface area contributed by atoms with Crippen molar-refractivity contribution in [1.82, 2.24) is 5.43 Å². The molecular formula is C23H37N3O. The van der Waals surface area contributed by atoms with E-state index in [2.05, 4.69) is 29.3 Å². The van der Waals surface area contributed by atoms with Gasteiger partial charge in [-0.1, -0.05) is 44.9 Å². The van der Waals surface area contributed by atoms with Crippen molar-refractivity contribution in [3.05, 3.63) is 29.8 Å². The number of carbonyl (C=O) groups is 1. The Balaban J connectivity index is 1.91. The summed E-state index contributed by atoms with van der Waals surface area (Å²) in [4.78, 5) is 14.7. The number of amides is 1. The molecule has 150 valence electrons. The van der Waals surface area contributed by atoms with E-state index in [0.29, 0.717) is 5.56 Å². The normalized spacial score (nSPS) is 16.7. The molecule has 1 aromatic carbocycles. The summed E-state index contributed by atoms with van der Waals surface area (Å²) in [6, 6.07) is 7.82. The number of hydrogen-bond acceptors (Lipinski definition) is 3. The van der Waals surface area contributed by atoms with Gasteiger partial charge in [-0.3, -0.25) is 4.79 Å². The Bertz CT molecular complexity index is 562. The summed E-state index contributed by atoms with van der Waals surface area (Å²) in [7, 11) is 0. The van der Waals surface area contributed by atoms with Gasteiger partial charge in [0.1, 0.15) is 0 Å². The van der Waals surface area contributed by atoms with Gasteiger partial charge in [-0.2, -0.15) is 5.10 Å². The minimum Gasteiger partial charge on any atom is -0.372 e. The molecule has 2 rings (SSSR count). The molecule has 1 aliphatic rings. The molecule has 0 spiro atoms. The molecule has 1 fully saturated rings. The van der Waals surface area contributed by atoms with Crippen molar-refractivity contribution in [3.63, 3.8) is 0 Å². The summed E-state index contributed by atoms with van der Waals surface area (Å²) >= 11 is 0. The van der Waals surface area contributed by atoms with E-state index in [1.807, 2.05) is 24.3 Å². The summed E-state index contributed by atoms with van der Waals surface area (Å²) in [5, 5.41) is 4.48. The maximum absolute atomic E-state index is 12.5. The Labute approximate surface area is 165 Å². The fourth-order valence-corrected chi connectivity index (χ4v) is 3.74. The molecule has 0 saturated heterocycles. The van der Waals surface area contributed by atoms with E-state index in [4.69, 9.17) is 0 Å². The van der Waals surface area contributed by atoms with Crippen LogP contribution in [0.15, 0.2) is 29.4 Å². The van der Waals surface area contributed by atoms with E-state index in [1.54, 1.807) is 0 Å². The van der Waals surface area contributed by atoms with Crippen molar-refractivity contribution in [2.75, 3.05) is 18.0 Å². The van der Waals surface area contributed by atoms with Gasteiger partial charge in [0.05, 0.1) is 0 Å². The first-order chi connectivity index (χ1) is 13.2. The number of carbonyl (C=O) groups excluding carboxylic acids is 1. The Hall–Kier alpha value is -1.84. The fraction of sp³-hybridized carbons (Fsp3) is 0.652. The third-order valence-corrected chi connectivity index (χ3v) is 5.50. The van der Waals surface area contributed by atoms with Gasteiger partial charge in [0.25, 0.3) is 5.91 Å². The Kier molecular flexibility index (Phi) is 9.96. The molecule has 0 bridgehead atoms. The number of rotatable bonds is 5. The maximum atomic E-state index is 12.5. The highest BCUT2D eigenvalue weighted by Crippen LogP contribution is 2.16. The molecule has 0 atom stereocenters. The number of nitrogens with zero attached hydrogens (tertiary/aromatic N) is 2. The summed E-state index contributed by atoms with van der Waals surface area (Å²) < 4.78 is 0. The van der Waals surface area contributed by atoms with Crippen molar-refractivity contribution >= 4 is 17.3 Å². The predicted molar refractivity (Wildman–Crippen MR) is 116 cm³/mol. The largest absolute Gasteiger partial charge is 0.372 e. The summed E-state index contributed by atoms with van der Waals surface area (Å²) in [6.45, 7) is 6.22. The van der Waals surface area contributed by atoms with Crippen LogP contribution in [0.2, 0.25) is 0 Å². The van der Waals surface area contributed by atoms with Crippen molar-refractivity contribution in [2.24, 2.45) is 5.10 Å². The van der Waals surface area contributed by atoms with Crippen LogP contribution in [0, 0.1) is 0 Å². The second-order valence-corrected chi connectivity index (χ2v) is 7.52. The predicted octanol–water partition coefficient (Wildman–Crippen LogP) is 5.92. The first-order valence-corrected chi connectivity index (χ1v) is 11.0. The van der Waals surface area contributed by atoms with Gasteiger partial charge in [-0.05, 0) is 63.8 Å².